The van der Waals surface area contributed by atoms with E-state index in [1.54, 1.807) is 31.2 Å². The van der Waals surface area contributed by atoms with Gasteiger partial charge in [-0.25, -0.2) is 4.68 Å². The van der Waals surface area contributed by atoms with Gasteiger partial charge in [-0.05, 0) is 41.1 Å². The van der Waals surface area contributed by atoms with Gasteiger partial charge >= 0.3 is 0 Å². The molecule has 8 heteroatoms. The molecule has 1 aromatic heterocycles. The van der Waals surface area contributed by atoms with Crippen molar-refractivity contribution in [1.29, 1.82) is 0 Å². The molecule has 0 radical (unpaired) electrons. The Kier molecular flexibility index (Phi) is 4.61. The molecule has 0 aliphatic rings. The van der Waals surface area contributed by atoms with Crippen LogP contribution >= 0.6 is 0 Å². The second-order valence-electron chi connectivity index (χ2n) is 4.71. The van der Waals surface area contributed by atoms with Crippen LogP contribution in [0.1, 0.15) is 23.7 Å². The summed E-state index contributed by atoms with van der Waals surface area (Å²) in [4.78, 5) is 12.2. The normalized spacial score (nSPS) is 11.4. The van der Waals surface area contributed by atoms with Gasteiger partial charge in [0.2, 0.25) is 0 Å². The van der Waals surface area contributed by atoms with Crippen molar-refractivity contribution in [3.8, 4) is 5.69 Å². The standard InChI is InChI=1S/C13H17N5O3/c1-2-13(7-19,8-20)15-12(21)10-3-5-11(6-4-10)18-9-14-16-17-18/h3-6,9,19-20H,2,7-8H2,1H3,(H,15,21). The maximum absolute atomic E-state index is 12.2. The van der Waals surface area contributed by atoms with Crippen LogP contribution in [0.5, 0.6) is 0 Å². The molecule has 0 unspecified atom stereocenters. The molecule has 3 N–H and O–H groups in total. The van der Waals surface area contributed by atoms with E-state index in [4.69, 9.17) is 0 Å². The first-order chi connectivity index (χ1) is 10.1. The quantitative estimate of drug-likeness (QED) is 0.663. The van der Waals surface area contributed by atoms with E-state index >= 15 is 0 Å². The van der Waals surface area contributed by atoms with E-state index in [-0.39, 0.29) is 19.1 Å². The molecule has 112 valence electrons. The fraction of sp³-hybridized carbons (Fsp3) is 0.385. The molecule has 0 fully saturated rings. The zero-order valence-corrected chi connectivity index (χ0v) is 11.6. The SMILES string of the molecule is CCC(CO)(CO)NC(=O)c1ccc(-n2cnnn2)cc1. The Morgan fingerprint density at radius 1 is 1.29 bits per heavy atom. The Labute approximate surface area is 121 Å². The predicted octanol–water partition coefficient (Wildman–Crippen LogP) is -0.475. The molecule has 2 rings (SSSR count). The second-order valence-corrected chi connectivity index (χ2v) is 4.71. The minimum absolute atomic E-state index is 0.325. The first kappa shape index (κ1) is 15.1. The van der Waals surface area contributed by atoms with Gasteiger partial charge in [0, 0.05) is 5.56 Å². The van der Waals surface area contributed by atoms with Gasteiger partial charge in [0.1, 0.15) is 6.33 Å². The van der Waals surface area contributed by atoms with Crippen molar-refractivity contribution in [3.05, 3.63) is 36.2 Å². The largest absolute Gasteiger partial charge is 0.394 e. The molecule has 0 saturated carbocycles. The van der Waals surface area contributed by atoms with Gasteiger partial charge in [0.15, 0.2) is 0 Å². The van der Waals surface area contributed by atoms with Crippen molar-refractivity contribution >= 4 is 5.91 Å². The number of nitrogens with zero attached hydrogens (tertiary/aromatic N) is 4. The molecular formula is C13H17N5O3. The number of carbonyl (C=O) groups excluding carboxylic acids is 1. The Bertz CT molecular complexity index is 570. The number of nitrogens with one attached hydrogen (secondary N) is 1. The topological polar surface area (TPSA) is 113 Å². The lowest BCUT2D eigenvalue weighted by Gasteiger charge is -2.29. The van der Waals surface area contributed by atoms with E-state index in [1.165, 1.54) is 11.0 Å². The average molecular weight is 291 g/mol. The molecule has 1 amide bonds. The van der Waals surface area contributed by atoms with Crippen LogP contribution in [0, 0.1) is 0 Å². The number of benzene rings is 1. The molecule has 8 nitrogen and oxygen atoms in total. The van der Waals surface area contributed by atoms with Gasteiger partial charge in [0.05, 0.1) is 24.4 Å². The van der Waals surface area contributed by atoms with Crippen molar-refractivity contribution in [3.63, 3.8) is 0 Å². The molecule has 21 heavy (non-hydrogen) atoms. The van der Waals surface area contributed by atoms with E-state index in [0.29, 0.717) is 12.0 Å². The molecule has 1 aromatic carbocycles. The molecular weight excluding hydrogens is 274 g/mol. The number of aliphatic hydroxyl groups is 2. The summed E-state index contributed by atoms with van der Waals surface area (Å²) in [7, 11) is 0. The number of rotatable bonds is 6. The molecule has 0 atom stereocenters. The van der Waals surface area contributed by atoms with Crippen molar-refractivity contribution < 1.29 is 15.0 Å². The van der Waals surface area contributed by atoms with Crippen molar-refractivity contribution in [2.24, 2.45) is 0 Å². The van der Waals surface area contributed by atoms with Gasteiger partial charge < -0.3 is 15.5 Å². The fourth-order valence-electron chi connectivity index (χ4n) is 1.80. The van der Waals surface area contributed by atoms with Gasteiger partial charge in [-0.15, -0.1) is 5.10 Å². The highest BCUT2D eigenvalue weighted by Gasteiger charge is 2.28. The van der Waals surface area contributed by atoms with Crippen LogP contribution in [0.3, 0.4) is 0 Å². The second kappa shape index (κ2) is 6.42. The molecule has 0 spiro atoms. The van der Waals surface area contributed by atoms with Crippen molar-refractivity contribution in [2.45, 2.75) is 18.9 Å². The van der Waals surface area contributed by atoms with E-state index in [9.17, 15) is 15.0 Å². The predicted molar refractivity (Wildman–Crippen MR) is 73.8 cm³/mol. The third kappa shape index (κ3) is 3.23. The van der Waals surface area contributed by atoms with Crippen LogP contribution in [0.25, 0.3) is 5.69 Å². The van der Waals surface area contributed by atoms with Gasteiger partial charge in [-0.1, -0.05) is 6.92 Å². The zero-order chi connectivity index (χ0) is 15.3. The van der Waals surface area contributed by atoms with E-state index in [1.807, 2.05) is 0 Å². The minimum atomic E-state index is -1.01. The first-order valence-corrected chi connectivity index (χ1v) is 6.52. The molecule has 0 aliphatic carbocycles. The maximum atomic E-state index is 12.2. The van der Waals surface area contributed by atoms with E-state index in [0.717, 1.165) is 5.69 Å². The third-order valence-corrected chi connectivity index (χ3v) is 3.40. The Balaban J connectivity index is 2.13. The molecule has 0 aliphatic heterocycles. The third-order valence-electron chi connectivity index (χ3n) is 3.40. The summed E-state index contributed by atoms with van der Waals surface area (Å²) in [5.41, 5.74) is 0.139. The fourth-order valence-corrected chi connectivity index (χ4v) is 1.80. The number of tetrazole rings is 1. The summed E-state index contributed by atoms with van der Waals surface area (Å²) in [6, 6.07) is 6.66. The zero-order valence-electron chi connectivity index (χ0n) is 11.6. The summed E-state index contributed by atoms with van der Waals surface area (Å²) in [5.74, 6) is -0.358. The van der Waals surface area contributed by atoms with Crippen molar-refractivity contribution in [2.75, 3.05) is 13.2 Å². The van der Waals surface area contributed by atoms with Crippen LogP contribution in [0.2, 0.25) is 0 Å². The number of carbonyl (C=O) groups is 1. The summed E-state index contributed by atoms with van der Waals surface area (Å²) in [6.45, 7) is 1.14. The Morgan fingerprint density at radius 2 is 1.95 bits per heavy atom. The van der Waals surface area contributed by atoms with Gasteiger partial charge in [-0.3, -0.25) is 4.79 Å². The highest BCUT2D eigenvalue weighted by Crippen LogP contribution is 2.12. The molecule has 0 saturated heterocycles. The number of aliphatic hydroxyl groups excluding tert-OH is 2. The maximum Gasteiger partial charge on any atom is 0.251 e. The minimum Gasteiger partial charge on any atom is -0.394 e. The molecule has 0 bridgehead atoms. The number of aromatic nitrogens is 4. The van der Waals surface area contributed by atoms with Gasteiger partial charge in [0.25, 0.3) is 5.91 Å². The lowest BCUT2D eigenvalue weighted by atomic mass is 9.98. The van der Waals surface area contributed by atoms with E-state index < -0.39 is 5.54 Å². The highest BCUT2D eigenvalue weighted by atomic mass is 16.3. The van der Waals surface area contributed by atoms with Crippen LogP contribution < -0.4 is 5.32 Å². The number of amides is 1. The summed E-state index contributed by atoms with van der Waals surface area (Å²) < 4.78 is 1.47. The van der Waals surface area contributed by atoms with Crippen LogP contribution in [0.15, 0.2) is 30.6 Å². The van der Waals surface area contributed by atoms with Crippen LogP contribution in [-0.2, 0) is 0 Å². The summed E-state index contributed by atoms with van der Waals surface area (Å²) in [5, 5.41) is 32.2. The van der Waals surface area contributed by atoms with Crippen LogP contribution in [0.4, 0.5) is 0 Å². The highest BCUT2D eigenvalue weighted by molar-refractivity contribution is 5.94. The smallest absolute Gasteiger partial charge is 0.251 e. The molecule has 2 aromatic rings. The number of hydrogen-bond acceptors (Lipinski definition) is 6. The lowest BCUT2D eigenvalue weighted by Crippen LogP contribution is -2.53. The summed E-state index contributed by atoms with van der Waals surface area (Å²) in [6.07, 6.45) is 1.88. The van der Waals surface area contributed by atoms with Crippen molar-refractivity contribution in [1.82, 2.24) is 25.5 Å². The van der Waals surface area contributed by atoms with E-state index in [2.05, 4.69) is 20.8 Å². The van der Waals surface area contributed by atoms with Gasteiger partial charge in [-0.2, -0.15) is 0 Å². The summed E-state index contributed by atoms with van der Waals surface area (Å²) >= 11 is 0. The lowest BCUT2D eigenvalue weighted by molar-refractivity contribution is 0.0653. The monoisotopic (exact) mass is 291 g/mol. The Hall–Kier alpha value is -2.32. The first-order valence-electron chi connectivity index (χ1n) is 6.52. The molecule has 1 heterocycles. The number of hydrogen-bond donors (Lipinski definition) is 3. The van der Waals surface area contributed by atoms with Crippen LogP contribution in [-0.4, -0.2) is 55.1 Å². The Morgan fingerprint density at radius 3 is 2.43 bits per heavy atom. The average Bonchev–Trinajstić information content (AvgIpc) is 3.07.